The van der Waals surface area contributed by atoms with E-state index in [-0.39, 0.29) is 17.9 Å². The Bertz CT molecular complexity index is 1050. The van der Waals surface area contributed by atoms with Crippen LogP contribution in [0.25, 0.3) is 21.3 Å². The Balaban J connectivity index is 1.34. The fourth-order valence-corrected chi connectivity index (χ4v) is 5.99. The molecule has 0 bridgehead atoms. The Labute approximate surface area is 187 Å². The minimum absolute atomic E-state index is 0.232. The second-order valence-corrected chi connectivity index (χ2v) is 9.75. The summed E-state index contributed by atoms with van der Waals surface area (Å²) in [6.07, 6.45) is 7.73. The van der Waals surface area contributed by atoms with Gasteiger partial charge in [-0.2, -0.15) is 0 Å². The predicted molar refractivity (Wildman–Crippen MR) is 128 cm³/mol. The topological polar surface area (TPSA) is 58.1 Å². The van der Waals surface area contributed by atoms with Gasteiger partial charge in [0.25, 0.3) is 0 Å². The first-order valence-electron chi connectivity index (χ1n) is 11.6. The molecule has 1 N–H and O–H groups in total. The molecule has 162 valence electrons. The Hall–Kier alpha value is -2.47. The number of nitrogens with one attached hydrogen (secondary N) is 1. The smallest absolute Gasteiger partial charge is 0.223 e. The van der Waals surface area contributed by atoms with Gasteiger partial charge in [-0.3, -0.25) is 4.79 Å². The third-order valence-electron chi connectivity index (χ3n) is 6.73. The molecule has 1 aliphatic carbocycles. The zero-order valence-electron chi connectivity index (χ0n) is 18.1. The number of carbonyl (C=O) groups is 1. The normalized spacial score (nSPS) is 18.4. The van der Waals surface area contributed by atoms with Gasteiger partial charge >= 0.3 is 0 Å². The van der Waals surface area contributed by atoms with Crippen molar-refractivity contribution in [2.24, 2.45) is 5.92 Å². The number of nitrogens with zero attached hydrogens (tertiary/aromatic N) is 3. The number of carbonyl (C=O) groups excluding carboxylic acids is 1. The van der Waals surface area contributed by atoms with Gasteiger partial charge < -0.3 is 10.2 Å². The lowest BCUT2D eigenvalue weighted by Crippen LogP contribution is -2.46. The number of aryl methyl sites for hydroxylation is 1. The molecule has 5 rings (SSSR count). The Morgan fingerprint density at radius 2 is 1.77 bits per heavy atom. The molecule has 5 nitrogen and oxygen atoms in total. The van der Waals surface area contributed by atoms with E-state index in [4.69, 9.17) is 9.97 Å². The van der Waals surface area contributed by atoms with Crippen LogP contribution in [-0.2, 0) is 4.79 Å². The van der Waals surface area contributed by atoms with Gasteiger partial charge in [0.2, 0.25) is 5.91 Å². The van der Waals surface area contributed by atoms with Crippen LogP contribution in [-0.4, -0.2) is 35.0 Å². The van der Waals surface area contributed by atoms with Crippen LogP contribution in [0.5, 0.6) is 0 Å². The van der Waals surface area contributed by atoms with Crippen molar-refractivity contribution in [3.8, 4) is 11.1 Å². The molecular weight excluding hydrogens is 404 g/mol. The van der Waals surface area contributed by atoms with Gasteiger partial charge in [-0.15, -0.1) is 11.3 Å². The summed E-state index contributed by atoms with van der Waals surface area (Å²) in [5.74, 6) is 2.37. The van der Waals surface area contributed by atoms with E-state index in [1.165, 1.54) is 30.4 Å². The molecule has 3 heterocycles. The molecule has 6 heteroatoms. The van der Waals surface area contributed by atoms with Crippen molar-refractivity contribution in [2.45, 2.75) is 57.9 Å². The maximum absolute atomic E-state index is 12.7. The number of hydrogen-bond acceptors (Lipinski definition) is 5. The van der Waals surface area contributed by atoms with Gasteiger partial charge in [0.1, 0.15) is 16.5 Å². The minimum Gasteiger partial charge on any atom is -0.356 e. The second kappa shape index (κ2) is 8.95. The average molecular weight is 435 g/mol. The highest BCUT2D eigenvalue weighted by molar-refractivity contribution is 7.17. The summed E-state index contributed by atoms with van der Waals surface area (Å²) < 4.78 is 0. The average Bonchev–Trinajstić information content (AvgIpc) is 3.24. The maximum atomic E-state index is 12.7. The van der Waals surface area contributed by atoms with E-state index < -0.39 is 0 Å². The molecular formula is C25H30N4OS. The maximum Gasteiger partial charge on any atom is 0.223 e. The van der Waals surface area contributed by atoms with E-state index in [2.05, 4.69) is 39.9 Å². The van der Waals surface area contributed by atoms with E-state index in [1.807, 2.05) is 13.0 Å². The number of thiophene rings is 1. The summed E-state index contributed by atoms with van der Waals surface area (Å²) >= 11 is 1.69. The lowest BCUT2D eigenvalue weighted by atomic mass is 9.88. The first-order valence-corrected chi connectivity index (χ1v) is 12.4. The number of aromatic nitrogens is 2. The summed E-state index contributed by atoms with van der Waals surface area (Å²) in [4.78, 5) is 25.7. The first-order chi connectivity index (χ1) is 15.2. The number of benzene rings is 1. The fraction of sp³-hybridized carbons (Fsp3) is 0.480. The Kier molecular flexibility index (Phi) is 5.90. The summed E-state index contributed by atoms with van der Waals surface area (Å²) in [6, 6.07) is 10.8. The molecule has 2 aromatic heterocycles. The number of amides is 1. The van der Waals surface area contributed by atoms with Gasteiger partial charge in [-0.05, 0) is 38.2 Å². The summed E-state index contributed by atoms with van der Waals surface area (Å²) in [5, 5.41) is 6.71. The zero-order chi connectivity index (χ0) is 21.2. The van der Waals surface area contributed by atoms with Gasteiger partial charge in [0.05, 0.1) is 5.39 Å². The highest BCUT2D eigenvalue weighted by Crippen LogP contribution is 2.39. The van der Waals surface area contributed by atoms with Crippen LogP contribution in [0, 0.1) is 12.8 Å². The van der Waals surface area contributed by atoms with Gasteiger partial charge in [0, 0.05) is 36.0 Å². The molecule has 1 aromatic carbocycles. The van der Waals surface area contributed by atoms with E-state index in [9.17, 15) is 4.79 Å². The van der Waals surface area contributed by atoms with E-state index >= 15 is 0 Å². The molecule has 3 aromatic rings. The molecule has 2 fully saturated rings. The Morgan fingerprint density at radius 1 is 1.03 bits per heavy atom. The number of anilines is 1. The van der Waals surface area contributed by atoms with E-state index in [0.717, 1.165) is 60.6 Å². The molecule has 1 saturated heterocycles. The lowest BCUT2D eigenvalue weighted by Gasteiger charge is -2.34. The second-order valence-electron chi connectivity index (χ2n) is 8.89. The Morgan fingerprint density at radius 3 is 2.52 bits per heavy atom. The van der Waals surface area contributed by atoms with Crippen molar-refractivity contribution < 1.29 is 4.79 Å². The molecule has 0 radical (unpaired) electrons. The summed E-state index contributed by atoms with van der Waals surface area (Å²) in [7, 11) is 0. The van der Waals surface area contributed by atoms with Crippen LogP contribution in [0.3, 0.4) is 0 Å². The monoisotopic (exact) mass is 434 g/mol. The molecule has 1 amide bonds. The van der Waals surface area contributed by atoms with Crippen LogP contribution < -0.4 is 10.2 Å². The number of piperidine rings is 1. The van der Waals surface area contributed by atoms with E-state index in [0.29, 0.717) is 0 Å². The molecule has 1 saturated carbocycles. The standard InChI is InChI=1S/C25H30N4OS/c1-17-26-23(22-21(16-31-25(22)27-17)18-8-4-2-5-9-18)29-14-12-20(13-15-29)28-24(30)19-10-6-3-7-11-19/h2,4-5,8-9,16,19-20H,3,6-7,10-15H2,1H3,(H,28,30). The minimum atomic E-state index is 0.232. The van der Waals surface area contributed by atoms with E-state index in [1.54, 1.807) is 11.3 Å². The van der Waals surface area contributed by atoms with Crippen LogP contribution in [0.15, 0.2) is 35.7 Å². The lowest BCUT2D eigenvalue weighted by molar-refractivity contribution is -0.126. The van der Waals surface area contributed by atoms with Gasteiger partial charge in [-0.25, -0.2) is 9.97 Å². The third kappa shape index (κ3) is 4.31. The SMILES string of the molecule is Cc1nc(N2CCC(NC(=O)C3CCCCC3)CC2)c2c(-c3ccccc3)csc2n1. The molecule has 2 aliphatic rings. The first kappa shape index (κ1) is 20.4. The van der Waals surface area contributed by atoms with Crippen LogP contribution in [0.2, 0.25) is 0 Å². The highest BCUT2D eigenvalue weighted by Gasteiger charge is 2.27. The third-order valence-corrected chi connectivity index (χ3v) is 7.60. The van der Waals surface area contributed by atoms with Crippen molar-refractivity contribution in [3.63, 3.8) is 0 Å². The predicted octanol–water partition coefficient (Wildman–Crippen LogP) is 5.33. The molecule has 1 aliphatic heterocycles. The van der Waals surface area contributed by atoms with Crippen molar-refractivity contribution >= 4 is 33.3 Å². The van der Waals surface area contributed by atoms with Gasteiger partial charge in [-0.1, -0.05) is 49.6 Å². The largest absolute Gasteiger partial charge is 0.356 e. The number of rotatable bonds is 4. The quantitative estimate of drug-likeness (QED) is 0.603. The molecule has 0 spiro atoms. The van der Waals surface area contributed by atoms with Crippen molar-refractivity contribution in [2.75, 3.05) is 18.0 Å². The van der Waals surface area contributed by atoms with Gasteiger partial charge in [0.15, 0.2) is 0 Å². The van der Waals surface area contributed by atoms with Crippen molar-refractivity contribution in [3.05, 3.63) is 41.5 Å². The number of hydrogen-bond donors (Lipinski definition) is 1. The highest BCUT2D eigenvalue weighted by atomic mass is 32.1. The molecule has 31 heavy (non-hydrogen) atoms. The van der Waals surface area contributed by atoms with Crippen molar-refractivity contribution in [1.82, 2.24) is 15.3 Å². The van der Waals surface area contributed by atoms with Crippen LogP contribution in [0.1, 0.15) is 50.8 Å². The summed E-state index contributed by atoms with van der Waals surface area (Å²) in [6.45, 7) is 3.79. The zero-order valence-corrected chi connectivity index (χ0v) is 19.0. The molecule has 0 atom stereocenters. The number of fused-ring (bicyclic) bond motifs is 1. The summed E-state index contributed by atoms with van der Waals surface area (Å²) in [5.41, 5.74) is 2.42. The fourth-order valence-electron chi connectivity index (χ4n) is 5.01. The van der Waals surface area contributed by atoms with Crippen LogP contribution in [0.4, 0.5) is 5.82 Å². The van der Waals surface area contributed by atoms with Crippen LogP contribution >= 0.6 is 11.3 Å². The van der Waals surface area contributed by atoms with Crippen molar-refractivity contribution in [1.29, 1.82) is 0 Å². The molecule has 0 unspecified atom stereocenters.